The number of carbonyl (C=O) groups is 1. The van der Waals surface area contributed by atoms with Crippen molar-refractivity contribution in [3.8, 4) is 17.6 Å². The zero-order chi connectivity index (χ0) is 20.3. The van der Waals surface area contributed by atoms with Gasteiger partial charge in [0.15, 0.2) is 0 Å². The molecule has 0 saturated heterocycles. The molecule has 0 saturated carbocycles. The van der Waals surface area contributed by atoms with Crippen molar-refractivity contribution < 1.29 is 23.7 Å². The SMILES string of the molecule is CCCCOC(C)(C#Cc1ccc(Cl)c(O/C(=C/OC)C(=O)OC)c1)CC. The first-order valence-electron chi connectivity index (χ1n) is 8.84. The fourth-order valence-corrected chi connectivity index (χ4v) is 2.13. The number of methoxy groups -OCH3 is 2. The highest BCUT2D eigenvalue weighted by Crippen LogP contribution is 2.27. The first-order chi connectivity index (χ1) is 12.9. The second-order valence-corrected chi connectivity index (χ2v) is 6.40. The summed E-state index contributed by atoms with van der Waals surface area (Å²) in [6.07, 6.45) is 3.99. The van der Waals surface area contributed by atoms with Gasteiger partial charge in [0.1, 0.15) is 17.6 Å². The summed E-state index contributed by atoms with van der Waals surface area (Å²) in [7, 11) is 2.66. The molecule has 5 nitrogen and oxygen atoms in total. The van der Waals surface area contributed by atoms with Gasteiger partial charge in [-0.2, -0.15) is 0 Å². The summed E-state index contributed by atoms with van der Waals surface area (Å²) in [4.78, 5) is 11.7. The van der Waals surface area contributed by atoms with E-state index in [1.54, 1.807) is 18.2 Å². The van der Waals surface area contributed by atoms with Gasteiger partial charge < -0.3 is 18.9 Å². The Bertz CT molecular complexity index is 717. The molecule has 0 heterocycles. The number of carbonyl (C=O) groups excluding carboxylic acids is 1. The van der Waals surface area contributed by atoms with Crippen molar-refractivity contribution in [2.75, 3.05) is 20.8 Å². The fraction of sp³-hybridized carbons (Fsp3) is 0.476. The fourth-order valence-electron chi connectivity index (χ4n) is 1.97. The Labute approximate surface area is 166 Å². The standard InChI is InChI=1S/C21H27ClO5/c1-6-8-13-26-21(3,7-2)12-11-16-9-10-17(22)18(14-16)27-19(15-24-4)20(23)25-5/h9-10,14-15H,6-8,13H2,1-5H3/b19-15+. The molecule has 1 atom stereocenters. The smallest absolute Gasteiger partial charge is 0.377 e. The molecule has 0 radical (unpaired) electrons. The van der Waals surface area contributed by atoms with Gasteiger partial charge in [0.2, 0.25) is 5.76 Å². The van der Waals surface area contributed by atoms with Gasteiger partial charge in [-0.25, -0.2) is 4.79 Å². The Hall–Kier alpha value is -2.16. The first-order valence-corrected chi connectivity index (χ1v) is 9.22. The van der Waals surface area contributed by atoms with Crippen LogP contribution in [-0.2, 0) is 19.0 Å². The molecule has 0 fully saturated rings. The molecule has 0 aromatic heterocycles. The molecule has 0 aliphatic carbocycles. The van der Waals surface area contributed by atoms with Crippen LogP contribution in [0.15, 0.2) is 30.2 Å². The lowest BCUT2D eigenvalue weighted by Gasteiger charge is -2.22. The zero-order valence-corrected chi connectivity index (χ0v) is 17.3. The van der Waals surface area contributed by atoms with E-state index in [0.29, 0.717) is 17.2 Å². The maximum Gasteiger partial charge on any atom is 0.377 e. The normalized spacial score (nSPS) is 13.2. The van der Waals surface area contributed by atoms with Crippen LogP contribution in [0.3, 0.4) is 0 Å². The molecule has 1 rings (SSSR count). The molecule has 0 N–H and O–H groups in total. The van der Waals surface area contributed by atoms with Crippen LogP contribution in [0, 0.1) is 11.8 Å². The van der Waals surface area contributed by atoms with Crippen molar-refractivity contribution in [1.82, 2.24) is 0 Å². The number of hydrogen-bond donors (Lipinski definition) is 0. The van der Waals surface area contributed by atoms with Crippen LogP contribution < -0.4 is 4.74 Å². The van der Waals surface area contributed by atoms with Crippen LogP contribution in [0.25, 0.3) is 0 Å². The Morgan fingerprint density at radius 1 is 1.30 bits per heavy atom. The summed E-state index contributed by atoms with van der Waals surface area (Å²) in [6.45, 7) is 6.80. The minimum atomic E-state index is -0.674. The predicted octanol–water partition coefficient (Wildman–Crippen LogP) is 4.72. The van der Waals surface area contributed by atoms with E-state index in [0.717, 1.165) is 25.5 Å². The lowest BCUT2D eigenvalue weighted by Crippen LogP contribution is -2.26. The largest absolute Gasteiger partial charge is 0.500 e. The average molecular weight is 395 g/mol. The number of benzene rings is 1. The molecule has 1 aromatic rings. The van der Waals surface area contributed by atoms with Crippen LogP contribution in [0.2, 0.25) is 5.02 Å². The number of rotatable bonds is 9. The van der Waals surface area contributed by atoms with Crippen molar-refractivity contribution in [2.24, 2.45) is 0 Å². The maximum absolute atomic E-state index is 11.7. The molecule has 0 bridgehead atoms. The second kappa shape index (κ2) is 11.5. The van der Waals surface area contributed by atoms with Crippen LogP contribution in [0.4, 0.5) is 0 Å². The number of esters is 1. The van der Waals surface area contributed by atoms with Gasteiger partial charge in [-0.3, -0.25) is 0 Å². The Morgan fingerprint density at radius 2 is 2.04 bits per heavy atom. The van der Waals surface area contributed by atoms with E-state index in [1.807, 2.05) is 13.8 Å². The van der Waals surface area contributed by atoms with Crippen molar-refractivity contribution >= 4 is 17.6 Å². The van der Waals surface area contributed by atoms with E-state index in [1.165, 1.54) is 14.2 Å². The quantitative estimate of drug-likeness (QED) is 0.199. The Morgan fingerprint density at radius 3 is 2.63 bits per heavy atom. The summed E-state index contributed by atoms with van der Waals surface area (Å²) in [5.41, 5.74) is 0.165. The molecule has 27 heavy (non-hydrogen) atoms. The van der Waals surface area contributed by atoms with Crippen molar-refractivity contribution in [3.63, 3.8) is 0 Å². The van der Waals surface area contributed by atoms with Crippen LogP contribution >= 0.6 is 11.6 Å². The summed E-state index contributed by atoms with van der Waals surface area (Å²) < 4.78 is 21.0. The average Bonchev–Trinajstić information content (AvgIpc) is 2.67. The molecule has 0 amide bonds. The van der Waals surface area contributed by atoms with E-state index in [2.05, 4.69) is 23.5 Å². The lowest BCUT2D eigenvalue weighted by atomic mass is 10.0. The zero-order valence-electron chi connectivity index (χ0n) is 16.6. The first kappa shape index (κ1) is 22.9. The van der Waals surface area contributed by atoms with Crippen molar-refractivity contribution in [1.29, 1.82) is 0 Å². The topological polar surface area (TPSA) is 54.0 Å². The van der Waals surface area contributed by atoms with Gasteiger partial charge in [0, 0.05) is 12.2 Å². The molecule has 0 spiro atoms. The minimum absolute atomic E-state index is 0.117. The van der Waals surface area contributed by atoms with E-state index >= 15 is 0 Å². The lowest BCUT2D eigenvalue weighted by molar-refractivity contribution is -0.138. The van der Waals surface area contributed by atoms with Gasteiger partial charge >= 0.3 is 5.97 Å². The van der Waals surface area contributed by atoms with Gasteiger partial charge in [0.25, 0.3) is 0 Å². The summed E-state index contributed by atoms with van der Waals surface area (Å²) in [6, 6.07) is 5.09. The van der Waals surface area contributed by atoms with E-state index < -0.39 is 11.6 Å². The minimum Gasteiger partial charge on any atom is -0.500 e. The van der Waals surface area contributed by atoms with E-state index in [-0.39, 0.29) is 11.5 Å². The van der Waals surface area contributed by atoms with Gasteiger partial charge in [-0.15, -0.1) is 0 Å². The van der Waals surface area contributed by atoms with Crippen LogP contribution in [0.5, 0.6) is 5.75 Å². The third-order valence-corrected chi connectivity index (χ3v) is 4.14. The molecular weight excluding hydrogens is 368 g/mol. The third-order valence-electron chi connectivity index (χ3n) is 3.83. The summed E-state index contributed by atoms with van der Waals surface area (Å²) in [5, 5.41) is 0.337. The van der Waals surface area contributed by atoms with E-state index in [9.17, 15) is 4.79 Å². The molecular formula is C21H27ClO5. The molecule has 0 aliphatic heterocycles. The number of unbranched alkanes of at least 4 members (excludes halogenated alkanes) is 1. The maximum atomic E-state index is 11.7. The number of hydrogen-bond acceptors (Lipinski definition) is 5. The highest BCUT2D eigenvalue weighted by Gasteiger charge is 2.19. The highest BCUT2D eigenvalue weighted by molar-refractivity contribution is 6.32. The highest BCUT2D eigenvalue weighted by atomic mass is 35.5. The molecule has 0 aliphatic rings. The van der Waals surface area contributed by atoms with E-state index in [4.69, 9.17) is 25.8 Å². The van der Waals surface area contributed by atoms with Gasteiger partial charge in [-0.05, 0) is 38.0 Å². The number of ether oxygens (including phenoxy) is 4. The van der Waals surface area contributed by atoms with Gasteiger partial charge in [0.05, 0.1) is 19.2 Å². The van der Waals surface area contributed by atoms with Crippen LogP contribution in [-0.4, -0.2) is 32.4 Å². The van der Waals surface area contributed by atoms with Crippen molar-refractivity contribution in [3.05, 3.63) is 40.8 Å². The Balaban J connectivity index is 3.05. The summed E-state index contributed by atoms with van der Waals surface area (Å²) >= 11 is 6.17. The van der Waals surface area contributed by atoms with Crippen LogP contribution in [0.1, 0.15) is 45.6 Å². The van der Waals surface area contributed by atoms with Gasteiger partial charge in [-0.1, -0.05) is 43.7 Å². The predicted molar refractivity (Wildman–Crippen MR) is 106 cm³/mol. The Kier molecular flexibility index (Phi) is 9.77. The molecule has 1 aromatic carbocycles. The van der Waals surface area contributed by atoms with Crippen molar-refractivity contribution in [2.45, 2.75) is 45.6 Å². The molecule has 6 heteroatoms. The monoisotopic (exact) mass is 394 g/mol. The molecule has 1 unspecified atom stereocenters. The summed E-state index contributed by atoms with van der Waals surface area (Å²) in [5.74, 6) is 5.77. The second-order valence-electron chi connectivity index (χ2n) is 5.99. The third kappa shape index (κ3) is 7.54. The number of halogens is 1. The molecule has 148 valence electrons.